The number of rotatable bonds is 3. The molecule has 2 aliphatic rings. The number of aliphatic hydroxyl groups excluding tert-OH is 1. The average Bonchev–Trinajstić information content (AvgIpc) is 2.56. The molecule has 0 amide bonds. The highest BCUT2D eigenvalue weighted by Gasteiger charge is 2.32. The fourth-order valence-electron chi connectivity index (χ4n) is 4.03. The molecule has 28 heavy (non-hydrogen) atoms. The summed E-state index contributed by atoms with van der Waals surface area (Å²) >= 11 is 13.0. The number of hydrogen-bond acceptors (Lipinski definition) is 5. The maximum Gasteiger partial charge on any atom is 0.170 e. The van der Waals surface area contributed by atoms with Crippen LogP contribution in [0.25, 0.3) is 5.76 Å². The van der Waals surface area contributed by atoms with E-state index in [0.717, 1.165) is 13.1 Å². The van der Waals surface area contributed by atoms with Gasteiger partial charge in [0.1, 0.15) is 11.3 Å². The number of ketones is 2. The van der Waals surface area contributed by atoms with Crippen molar-refractivity contribution in [1.29, 1.82) is 0 Å². The molecule has 2 atom stereocenters. The summed E-state index contributed by atoms with van der Waals surface area (Å²) in [7, 11) is 0. The molecule has 1 aliphatic carbocycles. The van der Waals surface area contributed by atoms with E-state index in [9.17, 15) is 14.7 Å². The van der Waals surface area contributed by atoms with Crippen LogP contribution >= 0.6 is 23.2 Å². The van der Waals surface area contributed by atoms with Crippen molar-refractivity contribution in [3.63, 3.8) is 0 Å². The molecule has 1 aliphatic heterocycles. The van der Waals surface area contributed by atoms with Gasteiger partial charge in [-0.15, -0.1) is 0 Å². The van der Waals surface area contributed by atoms with Gasteiger partial charge in [-0.2, -0.15) is 0 Å². The van der Waals surface area contributed by atoms with Crippen molar-refractivity contribution in [1.82, 2.24) is 4.90 Å². The lowest BCUT2D eigenvalue weighted by Gasteiger charge is -2.35. The number of carbonyl (C=O) groups excluding carboxylic acids is 2. The predicted molar refractivity (Wildman–Crippen MR) is 110 cm³/mol. The highest BCUT2D eigenvalue weighted by molar-refractivity contribution is 6.37. The first-order chi connectivity index (χ1) is 13.2. The monoisotopic (exact) mass is 425 g/mol. The van der Waals surface area contributed by atoms with E-state index in [1.54, 1.807) is 12.1 Å². The second-order valence-corrected chi connectivity index (χ2v) is 8.71. The molecule has 1 aromatic rings. The van der Waals surface area contributed by atoms with Gasteiger partial charge < -0.3 is 9.84 Å². The van der Waals surface area contributed by atoms with Crippen molar-refractivity contribution >= 4 is 40.5 Å². The van der Waals surface area contributed by atoms with Crippen LogP contribution < -0.4 is 0 Å². The van der Waals surface area contributed by atoms with E-state index in [1.165, 1.54) is 0 Å². The first-order valence-electron chi connectivity index (χ1n) is 9.52. The number of ether oxygens (including phenoxy) is 1. The Hall–Kier alpha value is -1.40. The lowest BCUT2D eigenvalue weighted by molar-refractivity contribution is -0.125. The summed E-state index contributed by atoms with van der Waals surface area (Å²) in [6, 6.07) is 3.20. The zero-order valence-electron chi connectivity index (χ0n) is 16.3. The Kier molecular flexibility index (Phi) is 6.50. The number of morpholine rings is 1. The fraction of sp³-hybridized carbons (Fsp3) is 0.524. The molecule has 1 saturated heterocycles. The first kappa shape index (κ1) is 21.3. The quantitative estimate of drug-likeness (QED) is 0.440. The van der Waals surface area contributed by atoms with Crippen molar-refractivity contribution in [2.75, 3.05) is 13.1 Å². The van der Waals surface area contributed by atoms with Gasteiger partial charge >= 0.3 is 0 Å². The van der Waals surface area contributed by atoms with Crippen molar-refractivity contribution in [2.45, 2.75) is 52.4 Å². The van der Waals surface area contributed by atoms with Crippen LogP contribution in [-0.2, 0) is 20.9 Å². The zero-order valence-corrected chi connectivity index (χ0v) is 17.8. The van der Waals surface area contributed by atoms with E-state index in [-0.39, 0.29) is 64.5 Å². The maximum atomic E-state index is 12.4. The molecule has 7 heteroatoms. The Morgan fingerprint density at radius 3 is 2.25 bits per heavy atom. The minimum Gasteiger partial charge on any atom is -0.506 e. The van der Waals surface area contributed by atoms with Crippen LogP contribution in [-0.4, -0.2) is 46.9 Å². The SMILES string of the molecule is CC1CC(=O)C(=C(O)c2ccc(Cl)c(CN3CC(C)OC(C)C3)c2Cl)C(=O)C1. The molecule has 0 radical (unpaired) electrons. The normalized spacial score (nSPS) is 26.6. The summed E-state index contributed by atoms with van der Waals surface area (Å²) in [4.78, 5) is 26.9. The van der Waals surface area contributed by atoms with Gasteiger partial charge in [0.15, 0.2) is 11.6 Å². The molecule has 2 fully saturated rings. The lowest BCUT2D eigenvalue weighted by atomic mass is 9.83. The van der Waals surface area contributed by atoms with Crippen molar-refractivity contribution in [2.24, 2.45) is 5.92 Å². The average molecular weight is 426 g/mol. The van der Waals surface area contributed by atoms with Crippen LogP contribution in [0.2, 0.25) is 10.0 Å². The standard InChI is InChI=1S/C21H25Cl2NO4/c1-11-6-17(25)19(18(26)7-11)21(27)14-4-5-16(22)15(20(14)23)10-24-8-12(2)28-13(3)9-24/h4-5,11-13,27H,6-10H2,1-3H3. The molecule has 5 nitrogen and oxygen atoms in total. The molecule has 1 N–H and O–H groups in total. The van der Waals surface area contributed by atoms with Crippen molar-refractivity contribution in [3.05, 3.63) is 38.9 Å². The number of allylic oxidation sites excluding steroid dienone is 1. The Morgan fingerprint density at radius 1 is 1.11 bits per heavy atom. The Morgan fingerprint density at radius 2 is 1.68 bits per heavy atom. The smallest absolute Gasteiger partial charge is 0.170 e. The summed E-state index contributed by atoms with van der Waals surface area (Å²) in [5.74, 6) is -1.05. The summed E-state index contributed by atoms with van der Waals surface area (Å²) in [6.07, 6.45) is 0.679. The molecular weight excluding hydrogens is 401 g/mol. The van der Waals surface area contributed by atoms with Crippen molar-refractivity contribution in [3.8, 4) is 0 Å². The Bertz CT molecular complexity index is 806. The third-order valence-corrected chi connectivity index (χ3v) is 5.97. The number of aliphatic hydroxyl groups is 1. The van der Waals surface area contributed by atoms with E-state index in [1.807, 2.05) is 20.8 Å². The highest BCUT2D eigenvalue weighted by Crippen LogP contribution is 2.36. The molecule has 152 valence electrons. The van der Waals surface area contributed by atoms with Gasteiger partial charge in [-0.25, -0.2) is 0 Å². The summed E-state index contributed by atoms with van der Waals surface area (Å²) in [5, 5.41) is 11.5. The summed E-state index contributed by atoms with van der Waals surface area (Å²) < 4.78 is 5.76. The first-order valence-corrected chi connectivity index (χ1v) is 10.3. The number of halogens is 2. The molecule has 0 bridgehead atoms. The third-order valence-electron chi connectivity index (χ3n) is 5.18. The van der Waals surface area contributed by atoms with E-state index < -0.39 is 0 Å². The zero-order chi connectivity index (χ0) is 20.6. The van der Waals surface area contributed by atoms with Crippen LogP contribution in [0.1, 0.15) is 44.7 Å². The van der Waals surface area contributed by atoms with Crippen LogP contribution in [0.3, 0.4) is 0 Å². The minimum absolute atomic E-state index is 0.0156. The molecule has 0 spiro atoms. The molecule has 1 saturated carbocycles. The van der Waals surface area contributed by atoms with Gasteiger partial charge in [0.25, 0.3) is 0 Å². The number of Topliss-reactive ketones (excluding diaryl/α,β-unsaturated/α-hetero) is 2. The summed E-state index contributed by atoms with van der Waals surface area (Å²) in [5.41, 5.74) is 0.780. The molecule has 3 rings (SSSR count). The number of nitrogens with zero attached hydrogens (tertiary/aromatic N) is 1. The highest BCUT2D eigenvalue weighted by atomic mass is 35.5. The Balaban J connectivity index is 1.96. The van der Waals surface area contributed by atoms with Gasteiger partial charge in [-0.3, -0.25) is 14.5 Å². The maximum absolute atomic E-state index is 12.4. The topological polar surface area (TPSA) is 66.8 Å². The van der Waals surface area contributed by atoms with Gasteiger partial charge in [-0.1, -0.05) is 30.1 Å². The van der Waals surface area contributed by atoms with Crippen LogP contribution in [0, 0.1) is 5.92 Å². The lowest BCUT2D eigenvalue weighted by Crippen LogP contribution is -2.44. The van der Waals surface area contributed by atoms with Gasteiger partial charge in [0.05, 0.1) is 17.2 Å². The summed E-state index contributed by atoms with van der Waals surface area (Å²) in [6.45, 7) is 7.85. The Labute approximate surface area is 175 Å². The van der Waals surface area contributed by atoms with Gasteiger partial charge in [0, 0.05) is 48.6 Å². The number of benzene rings is 1. The number of hydrogen-bond donors (Lipinski definition) is 1. The van der Waals surface area contributed by atoms with E-state index in [0.29, 0.717) is 17.1 Å². The molecule has 1 heterocycles. The van der Waals surface area contributed by atoms with E-state index in [4.69, 9.17) is 27.9 Å². The van der Waals surface area contributed by atoms with E-state index in [2.05, 4.69) is 4.90 Å². The molecule has 2 unspecified atom stereocenters. The molecule has 1 aromatic carbocycles. The minimum atomic E-state index is -0.353. The van der Waals surface area contributed by atoms with Gasteiger partial charge in [-0.05, 0) is 31.9 Å². The fourth-order valence-corrected chi connectivity index (χ4v) is 4.61. The second kappa shape index (κ2) is 8.54. The third kappa shape index (κ3) is 4.43. The van der Waals surface area contributed by atoms with Gasteiger partial charge in [0.2, 0.25) is 0 Å². The van der Waals surface area contributed by atoms with Crippen molar-refractivity contribution < 1.29 is 19.4 Å². The van der Waals surface area contributed by atoms with Crippen LogP contribution in [0.5, 0.6) is 0 Å². The van der Waals surface area contributed by atoms with Crippen LogP contribution in [0.15, 0.2) is 17.7 Å². The largest absolute Gasteiger partial charge is 0.506 e. The van der Waals surface area contributed by atoms with E-state index >= 15 is 0 Å². The molecule has 0 aromatic heterocycles. The second-order valence-electron chi connectivity index (χ2n) is 7.92. The number of carbonyl (C=O) groups is 2. The predicted octanol–water partition coefficient (Wildman–Crippen LogP) is 4.44. The van der Waals surface area contributed by atoms with Crippen LogP contribution in [0.4, 0.5) is 0 Å². The molecular formula is C21H25Cl2NO4.